The Kier molecular flexibility index (Phi) is 41.3. The van der Waals surface area contributed by atoms with Crippen molar-refractivity contribution in [3.8, 4) is 0 Å². The lowest BCUT2D eigenvalue weighted by molar-refractivity contribution is -0.220. The Morgan fingerprint density at radius 2 is 0.848 bits per heavy atom. The molecule has 0 saturated heterocycles. The fourth-order valence-corrected chi connectivity index (χ4v) is 9.18. The van der Waals surface area contributed by atoms with E-state index in [1.165, 1.54) is 148 Å². The molecular formula is C53H99O12P. The van der Waals surface area contributed by atoms with Gasteiger partial charge in [0.1, 0.15) is 42.7 Å². The van der Waals surface area contributed by atoms with E-state index >= 15 is 0 Å². The highest BCUT2D eigenvalue weighted by atomic mass is 31.2. The van der Waals surface area contributed by atoms with E-state index in [1.54, 1.807) is 0 Å². The van der Waals surface area contributed by atoms with Gasteiger partial charge < -0.3 is 39.9 Å². The number of esters is 1. The van der Waals surface area contributed by atoms with Gasteiger partial charge in [0.25, 0.3) is 0 Å². The van der Waals surface area contributed by atoms with Crippen LogP contribution in [0.1, 0.15) is 232 Å². The predicted octanol–water partition coefficient (Wildman–Crippen LogP) is 12.2. The molecule has 0 spiro atoms. The smallest absolute Gasteiger partial charge is 0.457 e. The molecule has 1 aliphatic rings. The van der Waals surface area contributed by atoms with Crippen molar-refractivity contribution in [2.75, 3.05) is 19.8 Å². The lowest BCUT2D eigenvalue weighted by Gasteiger charge is -2.41. The van der Waals surface area contributed by atoms with Gasteiger partial charge in [-0.1, -0.05) is 192 Å². The Labute approximate surface area is 402 Å². The number of allylic oxidation sites excluding steroid dienone is 6. The molecule has 13 heteroatoms. The standard InChI is InChI=1S/C53H99O12P/c1-3-5-7-9-11-13-15-17-19-21-22-23-24-25-27-29-31-33-35-37-39-41-43-62-44-46(45-63-66(60,61)65-53-51(58)49(56)48(55)50(57)52(53)59)64-47(54)42-40-38-36-34-32-30-28-26-20-18-16-14-12-10-8-6-4-2/h12,14,18,20-22,46,48-53,55-59H,3-11,13,15-17,19,23-45H2,1-2H3,(H,60,61)/b14-12-,20-18-,22-21-. The third-order valence-corrected chi connectivity index (χ3v) is 13.5. The Morgan fingerprint density at radius 3 is 1.32 bits per heavy atom. The maximum atomic E-state index is 12.9. The molecule has 1 aliphatic carbocycles. The van der Waals surface area contributed by atoms with Crippen LogP contribution in [0.4, 0.5) is 0 Å². The molecule has 1 saturated carbocycles. The maximum Gasteiger partial charge on any atom is 0.472 e. The summed E-state index contributed by atoms with van der Waals surface area (Å²) in [6.45, 7) is 4.25. The summed E-state index contributed by atoms with van der Waals surface area (Å²) in [4.78, 5) is 23.3. The van der Waals surface area contributed by atoms with Crippen molar-refractivity contribution in [3.63, 3.8) is 0 Å². The van der Waals surface area contributed by atoms with Crippen LogP contribution >= 0.6 is 7.82 Å². The van der Waals surface area contributed by atoms with Gasteiger partial charge in [-0.05, 0) is 70.6 Å². The molecule has 66 heavy (non-hydrogen) atoms. The fraction of sp³-hybridized carbons (Fsp3) is 0.868. The van der Waals surface area contributed by atoms with Crippen molar-refractivity contribution >= 4 is 13.8 Å². The van der Waals surface area contributed by atoms with E-state index in [2.05, 4.69) is 50.3 Å². The fourth-order valence-electron chi connectivity index (χ4n) is 8.21. The van der Waals surface area contributed by atoms with Crippen LogP contribution in [-0.4, -0.2) is 98.9 Å². The minimum absolute atomic E-state index is 0.0793. The Balaban J connectivity index is 2.31. The average molecular weight is 959 g/mol. The van der Waals surface area contributed by atoms with Crippen molar-refractivity contribution in [3.05, 3.63) is 36.5 Å². The van der Waals surface area contributed by atoms with Crippen LogP contribution in [0.25, 0.3) is 0 Å². The minimum atomic E-state index is -5.02. The number of unbranched alkanes of at least 4 members (excludes halogenated alkanes) is 28. The molecule has 0 heterocycles. The molecule has 0 aromatic carbocycles. The number of hydrogen-bond acceptors (Lipinski definition) is 11. The third kappa shape index (κ3) is 34.8. The molecular weight excluding hydrogens is 860 g/mol. The van der Waals surface area contributed by atoms with Crippen LogP contribution in [0, 0.1) is 0 Å². The molecule has 0 bridgehead atoms. The second-order valence-corrected chi connectivity index (χ2v) is 20.1. The van der Waals surface area contributed by atoms with E-state index in [1.807, 2.05) is 0 Å². The number of carbonyl (C=O) groups is 1. The molecule has 6 unspecified atom stereocenters. The number of aliphatic hydroxyl groups excluding tert-OH is 5. The highest BCUT2D eigenvalue weighted by molar-refractivity contribution is 7.47. The van der Waals surface area contributed by atoms with Gasteiger partial charge >= 0.3 is 13.8 Å². The molecule has 1 fully saturated rings. The molecule has 388 valence electrons. The van der Waals surface area contributed by atoms with Crippen LogP contribution in [0.5, 0.6) is 0 Å². The Morgan fingerprint density at radius 1 is 0.485 bits per heavy atom. The highest BCUT2D eigenvalue weighted by Crippen LogP contribution is 2.47. The Hall–Kier alpha value is -1.44. The minimum Gasteiger partial charge on any atom is -0.457 e. The summed E-state index contributed by atoms with van der Waals surface area (Å²) in [6.07, 6.45) is 40.7. The van der Waals surface area contributed by atoms with Gasteiger partial charge in [0, 0.05) is 13.0 Å². The lowest BCUT2D eigenvalue weighted by Crippen LogP contribution is -2.64. The molecule has 6 atom stereocenters. The topological polar surface area (TPSA) is 192 Å². The third-order valence-electron chi connectivity index (χ3n) is 12.5. The van der Waals surface area contributed by atoms with E-state index < -0.39 is 63.1 Å². The van der Waals surface area contributed by atoms with Crippen LogP contribution in [0.2, 0.25) is 0 Å². The quantitative estimate of drug-likeness (QED) is 0.0147. The van der Waals surface area contributed by atoms with Crippen molar-refractivity contribution in [1.29, 1.82) is 0 Å². The molecule has 0 aliphatic heterocycles. The number of rotatable bonds is 46. The first-order valence-electron chi connectivity index (χ1n) is 26.8. The molecule has 1 rings (SSSR count). The van der Waals surface area contributed by atoms with Crippen molar-refractivity contribution in [2.45, 2.75) is 275 Å². The SMILES string of the molecule is CCCCC/C=C\C/C=C\CCCCCCCCCC(=O)OC(COCCCCCCCCCCCC/C=C\CCCCCCCCCC)COP(=O)(O)OC1C(O)C(O)C(O)C(O)C1O. The molecule has 6 N–H and O–H groups in total. The molecule has 0 aromatic heterocycles. The zero-order chi connectivity index (χ0) is 48.4. The zero-order valence-electron chi connectivity index (χ0n) is 41.7. The zero-order valence-corrected chi connectivity index (χ0v) is 42.6. The van der Waals surface area contributed by atoms with E-state index in [0.717, 1.165) is 57.8 Å². The number of carbonyl (C=O) groups excluding carboxylic acids is 1. The number of hydrogen-bond donors (Lipinski definition) is 6. The summed E-state index contributed by atoms with van der Waals surface area (Å²) < 4.78 is 34.3. The summed E-state index contributed by atoms with van der Waals surface area (Å²) in [5, 5.41) is 50.3. The summed E-state index contributed by atoms with van der Waals surface area (Å²) in [5.74, 6) is -0.483. The van der Waals surface area contributed by atoms with Crippen molar-refractivity contribution < 1.29 is 58.3 Å². The monoisotopic (exact) mass is 959 g/mol. The second kappa shape index (κ2) is 43.6. The molecule has 12 nitrogen and oxygen atoms in total. The van der Waals surface area contributed by atoms with Crippen LogP contribution in [-0.2, 0) is 27.9 Å². The number of phosphoric acid groups is 1. The molecule has 0 aromatic rings. The van der Waals surface area contributed by atoms with E-state index in [4.69, 9.17) is 18.5 Å². The number of ether oxygens (including phenoxy) is 2. The maximum absolute atomic E-state index is 12.9. The first-order chi connectivity index (χ1) is 32.0. The number of phosphoric ester groups is 1. The normalized spacial score (nSPS) is 21.6. The average Bonchev–Trinajstić information content (AvgIpc) is 3.30. The first kappa shape index (κ1) is 62.6. The number of aliphatic hydroxyl groups is 5. The predicted molar refractivity (Wildman–Crippen MR) is 267 cm³/mol. The van der Waals surface area contributed by atoms with Crippen LogP contribution in [0.15, 0.2) is 36.5 Å². The molecule has 0 radical (unpaired) electrons. The van der Waals surface area contributed by atoms with Crippen molar-refractivity contribution in [2.24, 2.45) is 0 Å². The van der Waals surface area contributed by atoms with Crippen LogP contribution in [0.3, 0.4) is 0 Å². The van der Waals surface area contributed by atoms with Gasteiger partial charge in [-0.25, -0.2) is 4.57 Å². The van der Waals surface area contributed by atoms with Gasteiger partial charge in [0.2, 0.25) is 0 Å². The highest BCUT2D eigenvalue weighted by Gasteiger charge is 2.51. The summed E-state index contributed by atoms with van der Waals surface area (Å²) >= 11 is 0. The van der Waals surface area contributed by atoms with Gasteiger partial charge in [-0.15, -0.1) is 0 Å². The van der Waals surface area contributed by atoms with Crippen LogP contribution < -0.4 is 0 Å². The van der Waals surface area contributed by atoms with Gasteiger partial charge in [-0.3, -0.25) is 13.8 Å². The largest absolute Gasteiger partial charge is 0.472 e. The molecule has 0 amide bonds. The summed E-state index contributed by atoms with van der Waals surface area (Å²) in [6, 6.07) is 0. The van der Waals surface area contributed by atoms with E-state index in [9.17, 15) is 39.8 Å². The van der Waals surface area contributed by atoms with E-state index in [0.29, 0.717) is 13.0 Å². The summed E-state index contributed by atoms with van der Waals surface area (Å²) in [5.41, 5.74) is 0. The second-order valence-electron chi connectivity index (χ2n) is 18.7. The lowest BCUT2D eigenvalue weighted by atomic mass is 9.85. The van der Waals surface area contributed by atoms with E-state index in [-0.39, 0.29) is 13.0 Å². The Bertz CT molecular complexity index is 1230. The van der Waals surface area contributed by atoms with Gasteiger partial charge in [0.05, 0.1) is 13.2 Å². The first-order valence-corrected chi connectivity index (χ1v) is 28.3. The van der Waals surface area contributed by atoms with Crippen molar-refractivity contribution in [1.82, 2.24) is 0 Å². The van der Waals surface area contributed by atoms with Gasteiger partial charge in [0.15, 0.2) is 0 Å². The summed E-state index contributed by atoms with van der Waals surface area (Å²) in [7, 11) is -5.02. The van der Waals surface area contributed by atoms with Gasteiger partial charge in [-0.2, -0.15) is 0 Å².